The Kier molecular flexibility index (Phi) is 4.12. The Morgan fingerprint density at radius 2 is 2.00 bits per heavy atom. The summed E-state index contributed by atoms with van der Waals surface area (Å²) in [7, 11) is -3.38. The molecule has 23 heavy (non-hydrogen) atoms. The molecule has 1 aliphatic rings. The van der Waals surface area contributed by atoms with E-state index < -0.39 is 15.7 Å². The first-order chi connectivity index (χ1) is 10.9. The van der Waals surface area contributed by atoms with Crippen LogP contribution in [0.25, 0.3) is 0 Å². The van der Waals surface area contributed by atoms with Gasteiger partial charge in [-0.05, 0) is 42.8 Å². The molecule has 0 aliphatic carbocycles. The smallest absolute Gasteiger partial charge is 0.179 e. The number of benzene rings is 2. The highest BCUT2D eigenvalue weighted by atomic mass is 35.5. The van der Waals surface area contributed by atoms with Gasteiger partial charge in [-0.2, -0.15) is 5.10 Å². The Hall–Kier alpha value is -1.92. The molecule has 0 radical (unpaired) electrons. The lowest BCUT2D eigenvalue weighted by Crippen LogP contribution is -2.23. The lowest BCUT2D eigenvalue weighted by molar-refractivity contribution is 0.593. The van der Waals surface area contributed by atoms with Crippen molar-refractivity contribution in [3.63, 3.8) is 0 Å². The van der Waals surface area contributed by atoms with Crippen molar-refractivity contribution in [1.29, 1.82) is 0 Å². The van der Waals surface area contributed by atoms with Crippen LogP contribution < -0.4 is 5.43 Å². The fraction of sp³-hybridized carbons (Fsp3) is 0.188. The zero-order chi connectivity index (χ0) is 16.6. The van der Waals surface area contributed by atoms with Gasteiger partial charge < -0.3 is 0 Å². The van der Waals surface area contributed by atoms with Crippen LogP contribution in [0, 0.1) is 12.7 Å². The first kappa shape index (κ1) is 16.0. The minimum atomic E-state index is -3.38. The van der Waals surface area contributed by atoms with Crippen LogP contribution >= 0.6 is 11.6 Å². The lowest BCUT2D eigenvalue weighted by Gasteiger charge is -2.18. The molecule has 0 spiro atoms. The van der Waals surface area contributed by atoms with E-state index in [1.54, 1.807) is 6.07 Å². The highest BCUT2D eigenvalue weighted by Crippen LogP contribution is 2.27. The van der Waals surface area contributed by atoms with E-state index in [0.29, 0.717) is 22.0 Å². The highest BCUT2D eigenvalue weighted by molar-refractivity contribution is 7.91. The van der Waals surface area contributed by atoms with Crippen LogP contribution in [0.15, 0.2) is 46.4 Å². The van der Waals surface area contributed by atoms with Crippen LogP contribution in [0.4, 0.5) is 10.1 Å². The second-order valence-electron chi connectivity index (χ2n) is 5.34. The molecule has 2 aromatic rings. The number of anilines is 1. The van der Waals surface area contributed by atoms with E-state index in [4.69, 9.17) is 11.6 Å². The second-order valence-corrected chi connectivity index (χ2v) is 7.83. The molecular weight excluding hydrogens is 339 g/mol. The molecule has 0 unspecified atom stereocenters. The van der Waals surface area contributed by atoms with E-state index in [1.165, 1.54) is 12.1 Å². The molecule has 120 valence electrons. The zero-order valence-electron chi connectivity index (χ0n) is 12.3. The number of nitrogens with zero attached hydrogens (tertiary/aromatic N) is 1. The van der Waals surface area contributed by atoms with Gasteiger partial charge in [0.05, 0.1) is 22.0 Å². The summed E-state index contributed by atoms with van der Waals surface area (Å²) in [6.07, 6.45) is 0.228. The van der Waals surface area contributed by atoms with Crippen LogP contribution in [-0.2, 0) is 9.84 Å². The van der Waals surface area contributed by atoms with E-state index in [0.717, 1.165) is 11.6 Å². The minimum absolute atomic E-state index is 0.0409. The third-order valence-corrected chi connectivity index (χ3v) is 5.86. The quantitative estimate of drug-likeness (QED) is 0.661. The zero-order valence-corrected chi connectivity index (χ0v) is 13.9. The predicted octanol–water partition coefficient (Wildman–Crippen LogP) is 3.78. The number of nitrogens with one attached hydrogen (secondary N) is 1. The van der Waals surface area contributed by atoms with Crippen LogP contribution in [0.5, 0.6) is 0 Å². The number of rotatable bonds is 2. The Morgan fingerprint density at radius 3 is 2.74 bits per heavy atom. The van der Waals surface area contributed by atoms with Gasteiger partial charge in [0.2, 0.25) is 0 Å². The molecule has 0 bridgehead atoms. The minimum Gasteiger partial charge on any atom is -0.278 e. The van der Waals surface area contributed by atoms with Crippen LogP contribution in [0.3, 0.4) is 0 Å². The molecule has 0 saturated heterocycles. The number of hydrazone groups is 1. The lowest BCUT2D eigenvalue weighted by atomic mass is 10.1. The molecule has 0 aromatic heterocycles. The Balaban J connectivity index is 1.97. The van der Waals surface area contributed by atoms with Crippen LogP contribution in [-0.4, -0.2) is 19.9 Å². The van der Waals surface area contributed by atoms with Gasteiger partial charge in [0, 0.05) is 17.0 Å². The van der Waals surface area contributed by atoms with Gasteiger partial charge in [-0.15, -0.1) is 0 Å². The molecular formula is C16H14ClFN2O2S. The summed E-state index contributed by atoms with van der Waals surface area (Å²) in [5, 5.41) is 4.85. The Morgan fingerprint density at radius 1 is 1.22 bits per heavy atom. The summed E-state index contributed by atoms with van der Waals surface area (Å²) < 4.78 is 37.6. The van der Waals surface area contributed by atoms with Gasteiger partial charge in [0.1, 0.15) is 5.82 Å². The Labute approximate surface area is 138 Å². The first-order valence-electron chi connectivity index (χ1n) is 6.98. The van der Waals surface area contributed by atoms with E-state index in [-0.39, 0.29) is 17.1 Å². The maximum absolute atomic E-state index is 13.5. The van der Waals surface area contributed by atoms with Gasteiger partial charge in [0.25, 0.3) is 0 Å². The van der Waals surface area contributed by atoms with Crippen molar-refractivity contribution < 1.29 is 12.8 Å². The molecule has 3 rings (SSSR count). The summed E-state index contributed by atoms with van der Waals surface area (Å²) in [5.74, 6) is -0.534. The summed E-state index contributed by atoms with van der Waals surface area (Å²) in [5.41, 5.74) is 5.29. The van der Waals surface area contributed by atoms with Gasteiger partial charge in [-0.3, -0.25) is 5.43 Å². The largest absolute Gasteiger partial charge is 0.278 e. The summed E-state index contributed by atoms with van der Waals surface area (Å²) in [4.78, 5) is 0.118. The van der Waals surface area contributed by atoms with Crippen molar-refractivity contribution in [2.45, 2.75) is 18.2 Å². The van der Waals surface area contributed by atoms with E-state index in [9.17, 15) is 12.8 Å². The summed E-state index contributed by atoms with van der Waals surface area (Å²) in [6.45, 7) is 1.89. The molecule has 0 atom stereocenters. The van der Waals surface area contributed by atoms with Gasteiger partial charge >= 0.3 is 0 Å². The molecule has 1 heterocycles. The predicted molar refractivity (Wildman–Crippen MR) is 89.4 cm³/mol. The average Bonchev–Trinajstić information content (AvgIpc) is 2.49. The fourth-order valence-electron chi connectivity index (χ4n) is 2.39. The van der Waals surface area contributed by atoms with Crippen molar-refractivity contribution in [1.82, 2.24) is 0 Å². The third kappa shape index (κ3) is 3.23. The number of aryl methyl sites for hydroxylation is 1. The monoisotopic (exact) mass is 352 g/mol. The number of hydrogen-bond donors (Lipinski definition) is 1. The van der Waals surface area contributed by atoms with E-state index in [1.807, 2.05) is 19.1 Å². The molecule has 1 N–H and O–H groups in total. The summed E-state index contributed by atoms with van der Waals surface area (Å²) in [6, 6.07) is 9.03. The Bertz CT molecular complexity index is 910. The first-order valence-corrected chi connectivity index (χ1v) is 9.01. The van der Waals surface area contributed by atoms with Crippen molar-refractivity contribution in [3.8, 4) is 0 Å². The number of hydrogen-bond acceptors (Lipinski definition) is 4. The summed E-state index contributed by atoms with van der Waals surface area (Å²) >= 11 is 6.06. The van der Waals surface area contributed by atoms with Gasteiger partial charge in [-0.25, -0.2) is 12.8 Å². The van der Waals surface area contributed by atoms with Crippen LogP contribution in [0.2, 0.25) is 5.02 Å². The van der Waals surface area contributed by atoms with Crippen LogP contribution in [0.1, 0.15) is 17.5 Å². The molecule has 1 aliphatic heterocycles. The maximum atomic E-state index is 13.5. The van der Waals surface area contributed by atoms with Crippen molar-refractivity contribution >= 4 is 32.8 Å². The fourth-order valence-corrected chi connectivity index (χ4v) is 4.03. The average molecular weight is 353 g/mol. The van der Waals surface area contributed by atoms with Crippen molar-refractivity contribution in [3.05, 3.63) is 58.4 Å². The van der Waals surface area contributed by atoms with Crippen molar-refractivity contribution in [2.75, 3.05) is 11.2 Å². The molecule has 4 nitrogen and oxygen atoms in total. The molecule has 7 heteroatoms. The number of halogens is 2. The maximum Gasteiger partial charge on any atom is 0.179 e. The third-order valence-electron chi connectivity index (χ3n) is 3.69. The van der Waals surface area contributed by atoms with Crippen molar-refractivity contribution in [2.24, 2.45) is 5.10 Å². The second kappa shape index (κ2) is 5.94. The SMILES string of the molecule is Cc1ccc(N/N=C2\CCS(=O)(=O)c3ccc(F)cc32)cc1Cl. The molecule has 0 amide bonds. The molecule has 0 fully saturated rings. The normalized spacial score (nSPS) is 17.8. The van der Waals surface area contributed by atoms with E-state index >= 15 is 0 Å². The molecule has 2 aromatic carbocycles. The molecule has 0 saturated carbocycles. The topological polar surface area (TPSA) is 58.5 Å². The van der Waals surface area contributed by atoms with Gasteiger partial charge in [0.15, 0.2) is 9.84 Å². The van der Waals surface area contributed by atoms with E-state index in [2.05, 4.69) is 10.5 Å². The standard InChI is InChI=1S/C16H14ClFN2O2S/c1-10-2-4-12(9-14(10)17)19-20-15-6-7-23(21,22)16-5-3-11(18)8-13(15)16/h2-5,8-9,19H,6-7H2,1H3/b20-15+. The number of sulfone groups is 1. The highest BCUT2D eigenvalue weighted by Gasteiger charge is 2.28. The number of fused-ring (bicyclic) bond motifs is 1. The van der Waals surface area contributed by atoms with Gasteiger partial charge in [-0.1, -0.05) is 17.7 Å².